The van der Waals surface area contributed by atoms with Gasteiger partial charge in [0, 0.05) is 12.0 Å². The summed E-state index contributed by atoms with van der Waals surface area (Å²) < 4.78 is 10.2. The van der Waals surface area contributed by atoms with Gasteiger partial charge in [-0.2, -0.15) is 0 Å². The lowest BCUT2D eigenvalue weighted by Gasteiger charge is -2.21. The number of piperidine rings is 1. The van der Waals surface area contributed by atoms with E-state index < -0.39 is 17.7 Å². The number of anilines is 1. The number of ether oxygens (including phenoxy) is 2. The summed E-state index contributed by atoms with van der Waals surface area (Å²) in [7, 11) is 2.94. The van der Waals surface area contributed by atoms with Gasteiger partial charge in [0.05, 0.1) is 19.9 Å². The predicted octanol–water partition coefficient (Wildman–Crippen LogP) is 0.285. The van der Waals surface area contributed by atoms with Crippen molar-refractivity contribution in [2.24, 2.45) is 5.92 Å². The molecule has 1 aliphatic rings. The van der Waals surface area contributed by atoms with Crippen LogP contribution in [0.25, 0.3) is 0 Å². The SMILES string of the molecule is COc1ccc(NC(=O)C(=O)NC(=O)C2CCNCC2)c(OC)c1. The highest BCUT2D eigenvalue weighted by atomic mass is 16.5. The van der Waals surface area contributed by atoms with Crippen LogP contribution in [0.1, 0.15) is 12.8 Å². The number of carbonyl (C=O) groups excluding carboxylic acids is 3. The largest absolute Gasteiger partial charge is 0.497 e. The molecule has 2 rings (SSSR count). The van der Waals surface area contributed by atoms with Gasteiger partial charge in [-0.25, -0.2) is 0 Å². The molecule has 0 aliphatic carbocycles. The molecule has 0 atom stereocenters. The van der Waals surface area contributed by atoms with Crippen LogP contribution in [0.5, 0.6) is 11.5 Å². The van der Waals surface area contributed by atoms with Crippen LogP contribution in [0.2, 0.25) is 0 Å². The van der Waals surface area contributed by atoms with Gasteiger partial charge in [0.1, 0.15) is 11.5 Å². The molecular weight excluding hydrogens is 314 g/mol. The molecule has 1 saturated heterocycles. The smallest absolute Gasteiger partial charge is 0.316 e. The summed E-state index contributed by atoms with van der Waals surface area (Å²) >= 11 is 0. The van der Waals surface area contributed by atoms with Gasteiger partial charge in [-0.15, -0.1) is 0 Å². The van der Waals surface area contributed by atoms with Crippen LogP contribution in [0, 0.1) is 5.92 Å². The molecule has 1 aliphatic heterocycles. The van der Waals surface area contributed by atoms with Crippen molar-refractivity contribution < 1.29 is 23.9 Å². The monoisotopic (exact) mass is 335 g/mol. The maximum atomic E-state index is 12.0. The minimum Gasteiger partial charge on any atom is -0.497 e. The Hall–Kier alpha value is -2.61. The molecule has 1 heterocycles. The van der Waals surface area contributed by atoms with Gasteiger partial charge < -0.3 is 20.1 Å². The first kappa shape index (κ1) is 17.7. The van der Waals surface area contributed by atoms with E-state index in [0.29, 0.717) is 30.0 Å². The molecule has 0 saturated carbocycles. The lowest BCUT2D eigenvalue weighted by molar-refractivity contribution is -0.141. The molecule has 8 nitrogen and oxygen atoms in total. The van der Waals surface area contributed by atoms with Gasteiger partial charge in [0.25, 0.3) is 0 Å². The summed E-state index contributed by atoms with van der Waals surface area (Å²) in [6, 6.07) is 4.75. The second-order valence-corrected chi connectivity index (χ2v) is 5.36. The number of rotatable bonds is 4. The van der Waals surface area contributed by atoms with E-state index in [1.807, 2.05) is 0 Å². The standard InChI is InChI=1S/C16H21N3O5/c1-23-11-3-4-12(13(9-11)24-2)18-15(21)16(22)19-14(20)10-5-7-17-8-6-10/h3-4,9-10,17H,5-8H2,1-2H3,(H,18,21)(H,19,20,22). The van der Waals surface area contributed by atoms with E-state index >= 15 is 0 Å². The van der Waals surface area contributed by atoms with Crippen molar-refractivity contribution in [3.8, 4) is 11.5 Å². The average molecular weight is 335 g/mol. The Balaban J connectivity index is 1.96. The zero-order valence-electron chi connectivity index (χ0n) is 13.7. The Morgan fingerprint density at radius 2 is 1.79 bits per heavy atom. The molecule has 1 aromatic rings. The van der Waals surface area contributed by atoms with Gasteiger partial charge in [-0.3, -0.25) is 19.7 Å². The fourth-order valence-corrected chi connectivity index (χ4v) is 2.44. The Morgan fingerprint density at radius 3 is 2.42 bits per heavy atom. The molecule has 8 heteroatoms. The van der Waals surface area contributed by atoms with E-state index in [1.165, 1.54) is 14.2 Å². The summed E-state index contributed by atoms with van der Waals surface area (Å²) in [5.41, 5.74) is 0.313. The van der Waals surface area contributed by atoms with E-state index in [4.69, 9.17) is 9.47 Å². The zero-order valence-corrected chi connectivity index (χ0v) is 13.7. The third-order valence-electron chi connectivity index (χ3n) is 3.81. The van der Waals surface area contributed by atoms with Crippen LogP contribution in [0.4, 0.5) is 5.69 Å². The zero-order chi connectivity index (χ0) is 17.5. The molecule has 130 valence electrons. The summed E-state index contributed by atoms with van der Waals surface area (Å²) in [5.74, 6) is -1.69. The highest BCUT2D eigenvalue weighted by Gasteiger charge is 2.25. The summed E-state index contributed by atoms with van der Waals surface area (Å²) in [4.78, 5) is 35.9. The molecule has 0 radical (unpaired) electrons. The first-order valence-corrected chi connectivity index (χ1v) is 7.64. The summed E-state index contributed by atoms with van der Waals surface area (Å²) in [6.45, 7) is 1.45. The topological polar surface area (TPSA) is 106 Å². The van der Waals surface area contributed by atoms with Crippen molar-refractivity contribution in [1.29, 1.82) is 0 Å². The molecular formula is C16H21N3O5. The van der Waals surface area contributed by atoms with Crippen molar-refractivity contribution in [1.82, 2.24) is 10.6 Å². The second-order valence-electron chi connectivity index (χ2n) is 5.36. The average Bonchev–Trinajstić information content (AvgIpc) is 2.62. The van der Waals surface area contributed by atoms with Crippen molar-refractivity contribution in [3.05, 3.63) is 18.2 Å². The number of imide groups is 1. The third kappa shape index (κ3) is 4.45. The number of methoxy groups -OCH3 is 2. The Bertz CT molecular complexity index is 626. The van der Waals surface area contributed by atoms with Gasteiger partial charge in [-0.05, 0) is 38.1 Å². The maximum absolute atomic E-state index is 12.0. The number of carbonyl (C=O) groups is 3. The van der Waals surface area contributed by atoms with Crippen molar-refractivity contribution in [2.75, 3.05) is 32.6 Å². The fourth-order valence-electron chi connectivity index (χ4n) is 2.44. The van der Waals surface area contributed by atoms with E-state index in [-0.39, 0.29) is 5.92 Å². The van der Waals surface area contributed by atoms with Crippen molar-refractivity contribution >= 4 is 23.4 Å². The molecule has 0 bridgehead atoms. The van der Waals surface area contributed by atoms with Crippen LogP contribution < -0.4 is 25.4 Å². The molecule has 1 aromatic carbocycles. The number of nitrogens with one attached hydrogen (secondary N) is 3. The molecule has 1 fully saturated rings. The maximum Gasteiger partial charge on any atom is 0.316 e. The first-order chi connectivity index (χ1) is 11.5. The number of hydrogen-bond donors (Lipinski definition) is 3. The van der Waals surface area contributed by atoms with Gasteiger partial charge in [0.15, 0.2) is 0 Å². The lowest BCUT2D eigenvalue weighted by atomic mass is 9.97. The molecule has 0 spiro atoms. The highest BCUT2D eigenvalue weighted by molar-refractivity contribution is 6.42. The number of hydrogen-bond acceptors (Lipinski definition) is 6. The van der Waals surface area contributed by atoms with Crippen LogP contribution >= 0.6 is 0 Å². The molecule has 24 heavy (non-hydrogen) atoms. The van der Waals surface area contributed by atoms with Gasteiger partial charge in [-0.1, -0.05) is 0 Å². The number of amides is 3. The molecule has 0 aromatic heterocycles. The molecule has 3 amide bonds. The summed E-state index contributed by atoms with van der Waals surface area (Å²) in [6.07, 6.45) is 1.29. The van der Waals surface area contributed by atoms with E-state index in [2.05, 4.69) is 16.0 Å². The minimum atomic E-state index is -0.989. The molecule has 3 N–H and O–H groups in total. The number of benzene rings is 1. The fraction of sp³-hybridized carbons (Fsp3) is 0.438. The molecule has 0 unspecified atom stereocenters. The van der Waals surface area contributed by atoms with Crippen LogP contribution in [-0.4, -0.2) is 45.0 Å². The minimum absolute atomic E-state index is 0.251. The second kappa shape index (κ2) is 8.30. The van der Waals surface area contributed by atoms with Crippen LogP contribution in [0.15, 0.2) is 18.2 Å². The Kier molecular flexibility index (Phi) is 6.14. The van der Waals surface area contributed by atoms with Crippen LogP contribution in [0.3, 0.4) is 0 Å². The Morgan fingerprint density at radius 1 is 1.08 bits per heavy atom. The first-order valence-electron chi connectivity index (χ1n) is 7.64. The van der Waals surface area contributed by atoms with Gasteiger partial charge >= 0.3 is 11.8 Å². The Labute approximate surface area is 139 Å². The van der Waals surface area contributed by atoms with Crippen LogP contribution in [-0.2, 0) is 14.4 Å². The third-order valence-corrected chi connectivity index (χ3v) is 3.81. The normalized spacial score (nSPS) is 14.6. The summed E-state index contributed by atoms with van der Waals surface area (Å²) in [5, 5.41) is 7.70. The van der Waals surface area contributed by atoms with E-state index in [1.54, 1.807) is 18.2 Å². The quantitative estimate of drug-likeness (QED) is 0.683. The van der Waals surface area contributed by atoms with E-state index in [9.17, 15) is 14.4 Å². The lowest BCUT2D eigenvalue weighted by Crippen LogP contribution is -2.44. The predicted molar refractivity (Wildman–Crippen MR) is 86.9 cm³/mol. The van der Waals surface area contributed by atoms with E-state index in [0.717, 1.165) is 13.1 Å². The van der Waals surface area contributed by atoms with Gasteiger partial charge in [0.2, 0.25) is 5.91 Å². The van der Waals surface area contributed by atoms with Crippen molar-refractivity contribution in [3.63, 3.8) is 0 Å². The highest BCUT2D eigenvalue weighted by Crippen LogP contribution is 2.28. The van der Waals surface area contributed by atoms with Crippen molar-refractivity contribution in [2.45, 2.75) is 12.8 Å².